The third-order valence-electron chi connectivity index (χ3n) is 2.76. The van der Waals surface area contributed by atoms with Crippen LogP contribution in [-0.2, 0) is 16.6 Å². The molecule has 0 aliphatic carbocycles. The number of nitrogens with one attached hydrogen (secondary N) is 1. The van der Waals surface area contributed by atoms with Gasteiger partial charge in [0, 0.05) is 18.2 Å². The van der Waals surface area contributed by atoms with Crippen LogP contribution in [0.1, 0.15) is 5.56 Å². The fourth-order valence-corrected chi connectivity index (χ4v) is 4.22. The molecule has 0 unspecified atom stereocenters. The van der Waals surface area contributed by atoms with Gasteiger partial charge in [-0.05, 0) is 18.2 Å². The number of hydrogen-bond donors (Lipinski definition) is 1. The largest absolute Gasteiger partial charge is 0.497 e. The summed E-state index contributed by atoms with van der Waals surface area (Å²) in [5.74, 6) is 1.20. The van der Waals surface area contributed by atoms with E-state index in [1.54, 1.807) is 31.4 Å². The van der Waals surface area contributed by atoms with E-state index in [1.165, 1.54) is 13.2 Å². The molecule has 21 heavy (non-hydrogen) atoms. The summed E-state index contributed by atoms with van der Waals surface area (Å²) in [7, 11) is -0.508. The zero-order valence-corrected chi connectivity index (χ0v) is 13.8. The molecule has 1 heterocycles. The van der Waals surface area contributed by atoms with Gasteiger partial charge in [-0.2, -0.15) is 0 Å². The van der Waals surface area contributed by atoms with E-state index >= 15 is 0 Å². The molecule has 0 atom stereocenters. The second-order valence-corrected chi connectivity index (χ2v) is 7.77. The number of halogens is 1. The topological polar surface area (TPSA) is 64.6 Å². The predicted octanol–water partition coefficient (Wildman–Crippen LogP) is 2.90. The quantitative estimate of drug-likeness (QED) is 0.872. The van der Waals surface area contributed by atoms with E-state index in [0.29, 0.717) is 21.4 Å². The first-order valence-electron chi connectivity index (χ1n) is 5.92. The van der Waals surface area contributed by atoms with Gasteiger partial charge >= 0.3 is 0 Å². The number of methoxy groups -OCH3 is 2. The molecule has 0 saturated carbocycles. The standard InChI is InChI=1S/C13H14ClNO4S2/c1-18-10-4-3-9(11(7-10)19-2)8-15-21(16,17)13-6-5-12(14)20-13/h3-7,15H,8H2,1-2H3. The number of ether oxygens (including phenoxy) is 2. The molecule has 0 radical (unpaired) electrons. The van der Waals surface area contributed by atoms with Gasteiger partial charge in [0.2, 0.25) is 10.0 Å². The zero-order chi connectivity index (χ0) is 15.5. The molecule has 0 fully saturated rings. The summed E-state index contributed by atoms with van der Waals surface area (Å²) in [6.07, 6.45) is 0. The first-order valence-corrected chi connectivity index (χ1v) is 8.60. The average Bonchev–Trinajstić information content (AvgIpc) is 2.92. The van der Waals surface area contributed by atoms with E-state index in [2.05, 4.69) is 4.72 Å². The Balaban J connectivity index is 2.16. The predicted molar refractivity (Wildman–Crippen MR) is 82.9 cm³/mol. The molecule has 0 spiro atoms. The molecule has 1 N–H and O–H groups in total. The number of rotatable bonds is 6. The number of hydrogen-bond acceptors (Lipinski definition) is 5. The smallest absolute Gasteiger partial charge is 0.250 e. The Kier molecular flexibility index (Phi) is 5.10. The molecular weight excluding hydrogens is 334 g/mol. The third kappa shape index (κ3) is 3.88. The molecule has 1 aromatic carbocycles. The van der Waals surface area contributed by atoms with E-state index in [-0.39, 0.29) is 10.8 Å². The summed E-state index contributed by atoms with van der Waals surface area (Å²) >= 11 is 6.77. The van der Waals surface area contributed by atoms with Gasteiger partial charge in [0.1, 0.15) is 15.7 Å². The normalized spacial score (nSPS) is 11.4. The van der Waals surface area contributed by atoms with Crippen LogP contribution in [0.4, 0.5) is 0 Å². The van der Waals surface area contributed by atoms with Crippen molar-refractivity contribution in [2.45, 2.75) is 10.8 Å². The maximum atomic E-state index is 12.1. The van der Waals surface area contributed by atoms with Crippen LogP contribution in [0, 0.1) is 0 Å². The average molecular weight is 348 g/mol. The Labute approximate surface area is 132 Å². The van der Waals surface area contributed by atoms with Gasteiger partial charge in [0.15, 0.2) is 0 Å². The van der Waals surface area contributed by atoms with Crippen molar-refractivity contribution in [1.82, 2.24) is 4.72 Å². The van der Waals surface area contributed by atoms with Crippen LogP contribution < -0.4 is 14.2 Å². The third-order valence-corrected chi connectivity index (χ3v) is 5.88. The summed E-state index contributed by atoms with van der Waals surface area (Å²) in [5, 5.41) is 0. The van der Waals surface area contributed by atoms with Crippen molar-refractivity contribution in [3.05, 3.63) is 40.2 Å². The van der Waals surface area contributed by atoms with Crippen LogP contribution in [0.2, 0.25) is 4.34 Å². The fourth-order valence-electron chi connectivity index (χ4n) is 1.68. The number of thiophene rings is 1. The van der Waals surface area contributed by atoms with Crippen LogP contribution in [0.15, 0.2) is 34.5 Å². The lowest BCUT2D eigenvalue weighted by atomic mass is 10.2. The van der Waals surface area contributed by atoms with E-state index in [9.17, 15) is 8.42 Å². The second-order valence-electron chi connectivity index (χ2n) is 4.06. The monoisotopic (exact) mass is 347 g/mol. The lowest BCUT2D eigenvalue weighted by molar-refractivity contribution is 0.390. The van der Waals surface area contributed by atoms with Gasteiger partial charge in [-0.3, -0.25) is 0 Å². The lowest BCUT2D eigenvalue weighted by Crippen LogP contribution is -2.22. The van der Waals surface area contributed by atoms with E-state index < -0.39 is 10.0 Å². The maximum Gasteiger partial charge on any atom is 0.250 e. The van der Waals surface area contributed by atoms with Gasteiger partial charge in [-0.15, -0.1) is 11.3 Å². The number of benzene rings is 1. The van der Waals surface area contributed by atoms with Gasteiger partial charge in [-0.1, -0.05) is 17.7 Å². The SMILES string of the molecule is COc1ccc(CNS(=O)(=O)c2ccc(Cl)s2)c(OC)c1. The van der Waals surface area contributed by atoms with Crippen molar-refractivity contribution in [2.24, 2.45) is 0 Å². The van der Waals surface area contributed by atoms with Crippen molar-refractivity contribution in [3.63, 3.8) is 0 Å². The minimum absolute atomic E-state index is 0.116. The molecule has 0 bridgehead atoms. The van der Waals surface area contributed by atoms with Crippen LogP contribution in [-0.4, -0.2) is 22.6 Å². The molecule has 2 rings (SSSR count). The summed E-state index contributed by atoms with van der Waals surface area (Å²) < 4.78 is 37.7. The Morgan fingerprint density at radius 2 is 1.95 bits per heavy atom. The molecule has 5 nitrogen and oxygen atoms in total. The zero-order valence-electron chi connectivity index (χ0n) is 11.4. The highest BCUT2D eigenvalue weighted by molar-refractivity contribution is 7.91. The fraction of sp³-hybridized carbons (Fsp3) is 0.231. The Hall–Kier alpha value is -1.28. The van der Waals surface area contributed by atoms with Gasteiger partial charge < -0.3 is 9.47 Å². The summed E-state index contributed by atoms with van der Waals surface area (Å²) in [6, 6.07) is 8.22. The Bertz CT molecular complexity index is 728. The van der Waals surface area contributed by atoms with Gasteiger partial charge in [0.05, 0.1) is 18.6 Å². The van der Waals surface area contributed by atoms with Gasteiger partial charge in [-0.25, -0.2) is 13.1 Å². The van der Waals surface area contributed by atoms with Crippen molar-refractivity contribution in [1.29, 1.82) is 0 Å². The minimum Gasteiger partial charge on any atom is -0.497 e. The minimum atomic E-state index is -3.58. The lowest BCUT2D eigenvalue weighted by Gasteiger charge is -2.11. The van der Waals surface area contributed by atoms with Crippen LogP contribution >= 0.6 is 22.9 Å². The number of sulfonamides is 1. The van der Waals surface area contributed by atoms with E-state index in [1.807, 2.05) is 0 Å². The van der Waals surface area contributed by atoms with E-state index in [4.69, 9.17) is 21.1 Å². The molecule has 114 valence electrons. The van der Waals surface area contributed by atoms with Crippen molar-refractivity contribution in [2.75, 3.05) is 14.2 Å². The molecule has 0 aliphatic heterocycles. The van der Waals surface area contributed by atoms with Crippen LogP contribution in [0.25, 0.3) is 0 Å². The molecule has 8 heteroatoms. The molecule has 0 amide bonds. The molecule has 1 aromatic heterocycles. The highest BCUT2D eigenvalue weighted by atomic mass is 35.5. The summed E-state index contributed by atoms with van der Waals surface area (Å²) in [4.78, 5) is 0. The molecular formula is C13H14ClNO4S2. The summed E-state index contributed by atoms with van der Waals surface area (Å²) in [5.41, 5.74) is 0.713. The molecule has 2 aromatic rings. The Morgan fingerprint density at radius 1 is 1.19 bits per heavy atom. The Morgan fingerprint density at radius 3 is 2.52 bits per heavy atom. The van der Waals surface area contributed by atoms with Crippen molar-refractivity contribution in [3.8, 4) is 11.5 Å². The van der Waals surface area contributed by atoms with Crippen LogP contribution in [0.5, 0.6) is 11.5 Å². The van der Waals surface area contributed by atoms with E-state index in [0.717, 1.165) is 11.3 Å². The van der Waals surface area contributed by atoms with Crippen molar-refractivity contribution < 1.29 is 17.9 Å². The maximum absolute atomic E-state index is 12.1. The second kappa shape index (κ2) is 6.65. The molecule has 0 aliphatic rings. The highest BCUT2D eigenvalue weighted by Gasteiger charge is 2.17. The first kappa shape index (κ1) is 16.1. The van der Waals surface area contributed by atoms with Gasteiger partial charge in [0.25, 0.3) is 0 Å². The highest BCUT2D eigenvalue weighted by Crippen LogP contribution is 2.27. The van der Waals surface area contributed by atoms with Crippen LogP contribution in [0.3, 0.4) is 0 Å². The van der Waals surface area contributed by atoms with Crippen molar-refractivity contribution >= 4 is 33.0 Å². The molecule has 0 saturated heterocycles. The summed E-state index contributed by atoms with van der Waals surface area (Å²) in [6.45, 7) is 0.116. The first-order chi connectivity index (χ1) is 9.96.